The number of fused-ring (bicyclic) bond motifs is 3. The summed E-state index contributed by atoms with van der Waals surface area (Å²) in [5.41, 5.74) is 6.71. The molecule has 1 unspecified atom stereocenters. The number of carbonyl (C=O) groups is 2. The molecule has 0 heterocycles. The minimum absolute atomic E-state index is 0.0288. The molecule has 0 saturated carbocycles. The van der Waals surface area contributed by atoms with Crippen LogP contribution in [0.2, 0.25) is 0 Å². The Morgan fingerprint density at radius 1 is 0.722 bits per heavy atom. The van der Waals surface area contributed by atoms with Crippen molar-refractivity contribution in [3.8, 4) is 11.1 Å². The molecule has 0 saturated heterocycles. The van der Waals surface area contributed by atoms with Gasteiger partial charge in [-0.2, -0.15) is 0 Å². The van der Waals surface area contributed by atoms with Gasteiger partial charge in [0.25, 0.3) is 0 Å². The number of nitrogens with one attached hydrogen (secondary N) is 1. The normalized spacial score (nSPS) is 12.9. The van der Waals surface area contributed by atoms with Crippen molar-refractivity contribution in [3.63, 3.8) is 0 Å². The van der Waals surface area contributed by atoms with Gasteiger partial charge in [-0.25, -0.2) is 4.79 Å². The van der Waals surface area contributed by atoms with E-state index in [9.17, 15) is 9.59 Å². The van der Waals surface area contributed by atoms with Crippen LogP contribution >= 0.6 is 11.8 Å². The van der Waals surface area contributed by atoms with Crippen LogP contribution in [0.25, 0.3) is 11.1 Å². The molecule has 1 atom stereocenters. The van der Waals surface area contributed by atoms with E-state index in [1.165, 1.54) is 22.9 Å². The largest absolute Gasteiger partial charge is 0.449 e. The van der Waals surface area contributed by atoms with Crippen LogP contribution in [0.15, 0.2) is 109 Å². The van der Waals surface area contributed by atoms with Crippen LogP contribution < -0.4 is 5.32 Å². The fourth-order valence-corrected chi connectivity index (χ4v) is 5.50. The van der Waals surface area contributed by atoms with E-state index in [1.807, 2.05) is 84.9 Å². The first-order valence-electron chi connectivity index (χ1n) is 12.0. The third kappa shape index (κ3) is 5.52. The van der Waals surface area contributed by atoms with Crippen LogP contribution in [-0.2, 0) is 21.7 Å². The number of hydrogen-bond donors (Lipinski definition) is 1. The van der Waals surface area contributed by atoms with Crippen LogP contribution in [0.5, 0.6) is 0 Å². The number of ether oxygens (including phenoxy) is 1. The lowest BCUT2D eigenvalue weighted by Crippen LogP contribution is -2.42. The summed E-state index contributed by atoms with van der Waals surface area (Å²) in [6.07, 6.45) is -0.169. The van der Waals surface area contributed by atoms with E-state index >= 15 is 0 Å². The van der Waals surface area contributed by atoms with E-state index < -0.39 is 12.1 Å². The summed E-state index contributed by atoms with van der Waals surface area (Å²) in [6, 6.07) is 35.3. The predicted octanol–water partition coefficient (Wildman–Crippen LogP) is 6.60. The number of carbonyl (C=O) groups excluding carboxylic acids is 2. The summed E-state index contributed by atoms with van der Waals surface area (Å²) in [7, 11) is 0. The van der Waals surface area contributed by atoms with Gasteiger partial charge in [0.2, 0.25) is 5.12 Å². The predicted molar refractivity (Wildman–Crippen MR) is 145 cm³/mol. The van der Waals surface area contributed by atoms with Crippen LogP contribution in [0, 0.1) is 0 Å². The van der Waals surface area contributed by atoms with Gasteiger partial charge in [0.15, 0.2) is 0 Å². The maximum Gasteiger partial charge on any atom is 0.407 e. The standard InChI is InChI=1S/C31H27NO3S/c33-30(36-21-23-13-5-2-6-14-23)29(19-22-11-3-1-4-12-22)32-31(34)35-20-28-26-17-9-7-15-24(26)25-16-8-10-18-27(25)28/h1-18,28-29H,19-21H2,(H,32,34). The van der Waals surface area contributed by atoms with Gasteiger partial charge >= 0.3 is 6.09 Å². The monoisotopic (exact) mass is 493 g/mol. The number of amides is 1. The molecule has 0 aromatic heterocycles. The number of thioether (sulfide) groups is 1. The molecule has 1 amide bonds. The molecule has 1 aliphatic carbocycles. The Morgan fingerprint density at radius 3 is 1.86 bits per heavy atom. The highest BCUT2D eigenvalue weighted by molar-refractivity contribution is 8.13. The minimum atomic E-state index is -0.684. The van der Waals surface area contributed by atoms with Crippen LogP contribution in [0.3, 0.4) is 0 Å². The van der Waals surface area contributed by atoms with Crippen LogP contribution in [-0.4, -0.2) is 23.9 Å². The van der Waals surface area contributed by atoms with Gasteiger partial charge in [-0.1, -0.05) is 121 Å². The smallest absolute Gasteiger partial charge is 0.407 e. The molecular weight excluding hydrogens is 466 g/mol. The van der Waals surface area contributed by atoms with Crippen molar-refractivity contribution in [1.29, 1.82) is 0 Å². The van der Waals surface area contributed by atoms with Crippen LogP contribution in [0.1, 0.15) is 28.2 Å². The number of rotatable bonds is 8. The second-order valence-electron chi connectivity index (χ2n) is 8.81. The van der Waals surface area contributed by atoms with Crippen molar-refractivity contribution >= 4 is 23.0 Å². The van der Waals surface area contributed by atoms with E-state index in [-0.39, 0.29) is 17.6 Å². The molecule has 0 radical (unpaired) electrons. The van der Waals surface area contributed by atoms with E-state index in [4.69, 9.17) is 4.74 Å². The Bertz CT molecular complexity index is 1290. The van der Waals surface area contributed by atoms with E-state index in [2.05, 4.69) is 29.6 Å². The maximum atomic E-state index is 13.1. The van der Waals surface area contributed by atoms with E-state index in [0.717, 1.165) is 22.3 Å². The molecule has 4 aromatic rings. The van der Waals surface area contributed by atoms with Gasteiger partial charge < -0.3 is 10.1 Å². The zero-order valence-corrected chi connectivity index (χ0v) is 20.6. The molecule has 180 valence electrons. The highest BCUT2D eigenvalue weighted by Gasteiger charge is 2.30. The third-order valence-corrected chi connectivity index (χ3v) is 7.47. The average Bonchev–Trinajstić information content (AvgIpc) is 3.25. The number of benzene rings is 4. The molecule has 0 spiro atoms. The fourth-order valence-electron chi connectivity index (χ4n) is 4.65. The van der Waals surface area contributed by atoms with Gasteiger partial charge in [-0.3, -0.25) is 4.79 Å². The Kier molecular flexibility index (Phi) is 7.48. The highest BCUT2D eigenvalue weighted by atomic mass is 32.2. The molecule has 4 aromatic carbocycles. The summed E-state index contributed by atoms with van der Waals surface area (Å²) < 4.78 is 5.71. The fraction of sp³-hybridized carbons (Fsp3) is 0.161. The number of hydrogen-bond acceptors (Lipinski definition) is 4. The second kappa shape index (κ2) is 11.3. The van der Waals surface area contributed by atoms with Gasteiger partial charge in [-0.15, -0.1) is 0 Å². The van der Waals surface area contributed by atoms with Crippen molar-refractivity contribution in [1.82, 2.24) is 5.32 Å². The van der Waals surface area contributed by atoms with Gasteiger partial charge in [-0.05, 0) is 33.4 Å². The van der Waals surface area contributed by atoms with Crippen molar-refractivity contribution in [2.75, 3.05) is 6.61 Å². The molecule has 36 heavy (non-hydrogen) atoms. The quantitative estimate of drug-likeness (QED) is 0.301. The Hall–Kier alpha value is -3.83. The highest BCUT2D eigenvalue weighted by Crippen LogP contribution is 2.44. The number of alkyl carbamates (subject to hydrolysis) is 1. The van der Waals surface area contributed by atoms with E-state index in [0.29, 0.717) is 12.2 Å². The molecule has 1 aliphatic rings. The molecular formula is C31H27NO3S. The van der Waals surface area contributed by atoms with Crippen molar-refractivity contribution in [3.05, 3.63) is 131 Å². The Balaban J connectivity index is 1.26. The van der Waals surface area contributed by atoms with Gasteiger partial charge in [0, 0.05) is 18.1 Å². The molecule has 5 heteroatoms. The van der Waals surface area contributed by atoms with Crippen LogP contribution in [0.4, 0.5) is 4.79 Å². The molecule has 0 aliphatic heterocycles. The maximum absolute atomic E-state index is 13.1. The van der Waals surface area contributed by atoms with Gasteiger partial charge in [0.05, 0.1) is 0 Å². The first-order valence-corrected chi connectivity index (χ1v) is 13.0. The summed E-state index contributed by atoms with van der Waals surface area (Å²) in [4.78, 5) is 26.0. The SMILES string of the molecule is O=C(NC(Cc1ccccc1)C(=O)SCc1ccccc1)OCC1c2ccccc2-c2ccccc21. The summed E-state index contributed by atoms with van der Waals surface area (Å²) in [5.74, 6) is 0.524. The summed E-state index contributed by atoms with van der Waals surface area (Å²) >= 11 is 1.21. The zero-order chi connectivity index (χ0) is 24.7. The average molecular weight is 494 g/mol. The molecule has 5 rings (SSSR count). The first-order chi connectivity index (χ1) is 17.7. The topological polar surface area (TPSA) is 55.4 Å². The lowest BCUT2D eigenvalue weighted by Gasteiger charge is -2.19. The lowest BCUT2D eigenvalue weighted by molar-refractivity contribution is -0.112. The lowest BCUT2D eigenvalue weighted by atomic mass is 9.98. The third-order valence-electron chi connectivity index (χ3n) is 6.43. The Labute approximate surface area is 215 Å². The summed E-state index contributed by atoms with van der Waals surface area (Å²) in [6.45, 7) is 0.212. The second-order valence-corrected chi connectivity index (χ2v) is 9.79. The summed E-state index contributed by atoms with van der Waals surface area (Å²) in [5, 5.41) is 2.76. The van der Waals surface area contributed by atoms with Crippen molar-refractivity contribution in [2.45, 2.75) is 24.1 Å². The molecule has 0 fully saturated rings. The zero-order valence-electron chi connectivity index (χ0n) is 19.8. The first kappa shape index (κ1) is 23.9. The molecule has 1 N–H and O–H groups in total. The minimum Gasteiger partial charge on any atom is -0.449 e. The molecule has 0 bridgehead atoms. The Morgan fingerprint density at radius 2 is 1.25 bits per heavy atom. The van der Waals surface area contributed by atoms with Crippen molar-refractivity contribution in [2.24, 2.45) is 0 Å². The molecule has 4 nitrogen and oxygen atoms in total. The van der Waals surface area contributed by atoms with Crippen molar-refractivity contribution < 1.29 is 14.3 Å². The van der Waals surface area contributed by atoms with E-state index in [1.54, 1.807) is 0 Å². The van der Waals surface area contributed by atoms with Gasteiger partial charge in [0.1, 0.15) is 12.6 Å².